The van der Waals surface area contributed by atoms with E-state index < -0.39 is 19.8 Å². The fourth-order valence-electron chi connectivity index (χ4n) is 2.01. The van der Waals surface area contributed by atoms with E-state index in [1.807, 2.05) is 5.92 Å². The van der Waals surface area contributed by atoms with E-state index in [0.29, 0.717) is 11.6 Å². The zero-order valence-corrected chi connectivity index (χ0v) is 18.7. The first kappa shape index (κ1) is 23.8. The van der Waals surface area contributed by atoms with E-state index in [0.717, 1.165) is 11.6 Å². The van der Waals surface area contributed by atoms with Gasteiger partial charge in [0.25, 0.3) is 0 Å². The molecule has 0 bridgehead atoms. The molecule has 0 aliphatic heterocycles. The van der Waals surface area contributed by atoms with Gasteiger partial charge in [-0.15, -0.1) is 0 Å². The predicted molar refractivity (Wildman–Crippen MR) is 114 cm³/mol. The van der Waals surface area contributed by atoms with E-state index in [1.54, 1.807) is 24.3 Å². The summed E-state index contributed by atoms with van der Waals surface area (Å²) in [5.74, 6) is 4.47. The molecule has 2 rings (SSSR count). The molecule has 0 saturated heterocycles. The Kier molecular flexibility index (Phi) is 7.93. The van der Waals surface area contributed by atoms with Crippen molar-refractivity contribution in [3.63, 3.8) is 0 Å². The van der Waals surface area contributed by atoms with Gasteiger partial charge in [0, 0.05) is 13.1 Å². The van der Waals surface area contributed by atoms with Crippen molar-refractivity contribution in [2.45, 2.75) is 38.5 Å². The third kappa shape index (κ3) is 8.09. The lowest BCUT2D eigenvalue weighted by atomic mass is 10.2. The Labute approximate surface area is 180 Å². The minimum absolute atomic E-state index is 0.0353. The van der Waals surface area contributed by atoms with Gasteiger partial charge in [0.05, 0.1) is 18.4 Å². The highest BCUT2D eigenvalue weighted by Gasteiger charge is 2.30. The third-order valence-electron chi connectivity index (χ3n) is 3.79. The van der Waals surface area contributed by atoms with Gasteiger partial charge >= 0.3 is 12.2 Å². The first-order chi connectivity index (χ1) is 13.9. The van der Waals surface area contributed by atoms with Crippen LogP contribution in [0.25, 0.3) is 0 Å². The molecule has 30 heavy (non-hydrogen) atoms. The molecule has 0 atom stereocenters. The number of aromatic nitrogens is 2. The van der Waals surface area contributed by atoms with Crippen LogP contribution >= 0.6 is 11.6 Å². The van der Waals surface area contributed by atoms with Gasteiger partial charge in [-0.3, -0.25) is 0 Å². The summed E-state index contributed by atoms with van der Waals surface area (Å²) >= 11 is 5.86. The molecule has 0 spiro atoms. The lowest BCUT2D eigenvalue weighted by Crippen LogP contribution is -2.22. The van der Waals surface area contributed by atoms with Crippen LogP contribution in [0.15, 0.2) is 42.6 Å². The van der Waals surface area contributed by atoms with Crippen molar-refractivity contribution in [2.24, 2.45) is 0 Å². The lowest BCUT2D eigenvalue weighted by molar-refractivity contribution is -0.0868. The fourth-order valence-corrected chi connectivity index (χ4v) is 2.85. The van der Waals surface area contributed by atoms with Gasteiger partial charge in [0.1, 0.15) is 12.2 Å². The zero-order valence-electron chi connectivity index (χ0n) is 16.9. The summed E-state index contributed by atoms with van der Waals surface area (Å²) in [5.41, 5.74) is -0.164. The average Bonchev–Trinajstić information content (AvgIpc) is 2.64. The Morgan fingerprint density at radius 2 is 1.83 bits per heavy atom. The van der Waals surface area contributed by atoms with E-state index in [-0.39, 0.29) is 24.1 Å². The van der Waals surface area contributed by atoms with Crippen molar-refractivity contribution >= 4 is 19.7 Å². The molecular formula is C21H22ClF3N2O2Si. The Balaban J connectivity index is 2.20. The van der Waals surface area contributed by atoms with Crippen LogP contribution in [0.1, 0.15) is 11.1 Å². The summed E-state index contributed by atoms with van der Waals surface area (Å²) < 4.78 is 49.2. The van der Waals surface area contributed by atoms with Crippen molar-refractivity contribution in [2.75, 3.05) is 6.61 Å². The molecule has 0 unspecified atom stereocenters. The molecule has 9 heteroatoms. The normalized spacial score (nSPS) is 11.4. The van der Waals surface area contributed by atoms with Crippen LogP contribution in [0.2, 0.25) is 30.7 Å². The van der Waals surface area contributed by atoms with E-state index >= 15 is 0 Å². The van der Waals surface area contributed by atoms with Gasteiger partial charge < -0.3 is 9.47 Å². The van der Waals surface area contributed by atoms with Crippen LogP contribution in [0.3, 0.4) is 0 Å². The van der Waals surface area contributed by atoms with Crippen LogP contribution in [0.5, 0.6) is 11.9 Å². The number of halogens is 4. The molecule has 1 aromatic carbocycles. The molecule has 0 saturated carbocycles. The number of ether oxygens (including phenoxy) is 2. The predicted octanol–water partition coefficient (Wildman–Crippen LogP) is 5.90. The quantitative estimate of drug-likeness (QED) is 0.386. The van der Waals surface area contributed by atoms with Crippen molar-refractivity contribution in [1.29, 1.82) is 0 Å². The molecule has 0 N–H and O–H groups in total. The Morgan fingerprint density at radius 3 is 2.43 bits per heavy atom. The molecule has 0 radical (unpaired) electrons. The van der Waals surface area contributed by atoms with E-state index in [4.69, 9.17) is 21.1 Å². The van der Waals surface area contributed by atoms with Gasteiger partial charge in [-0.25, -0.2) is 4.98 Å². The molecule has 4 nitrogen and oxygen atoms in total. The van der Waals surface area contributed by atoms with E-state index in [2.05, 4.69) is 42.1 Å². The molecule has 0 fully saturated rings. The van der Waals surface area contributed by atoms with Gasteiger partial charge in [0.15, 0.2) is 0 Å². The van der Waals surface area contributed by atoms with Crippen LogP contribution in [0, 0.1) is 11.8 Å². The lowest BCUT2D eigenvalue weighted by Gasteiger charge is -2.16. The van der Waals surface area contributed by atoms with Crippen molar-refractivity contribution < 1.29 is 22.6 Å². The summed E-state index contributed by atoms with van der Waals surface area (Å²) in [7, 11) is -1.38. The number of benzene rings is 1. The Bertz CT molecular complexity index is 946. The molecule has 0 aliphatic carbocycles. The number of allylic oxidation sites excluding steroid dienone is 1. The van der Waals surface area contributed by atoms with Gasteiger partial charge in [-0.1, -0.05) is 61.8 Å². The number of hydrogen-bond donors (Lipinski definition) is 0. The maximum absolute atomic E-state index is 12.6. The fraction of sp³-hybridized carbons (Fsp3) is 0.333. The first-order valence-electron chi connectivity index (χ1n) is 9.09. The van der Waals surface area contributed by atoms with Crippen LogP contribution in [-0.4, -0.2) is 30.8 Å². The molecule has 2 aromatic rings. The largest absolute Gasteiger partial charge is 0.477 e. The molecule has 1 heterocycles. The Hall–Kier alpha value is -2.50. The minimum atomic E-state index is -4.59. The summed E-state index contributed by atoms with van der Waals surface area (Å²) in [6, 6.07) is 7.96. The van der Waals surface area contributed by atoms with Crippen LogP contribution < -0.4 is 9.47 Å². The van der Waals surface area contributed by atoms with E-state index in [9.17, 15) is 13.2 Å². The summed E-state index contributed by atoms with van der Waals surface area (Å²) in [6.07, 6.45) is -3.31. The molecule has 1 aromatic heterocycles. The SMILES string of the molecule is C=C(C#Cc1cnc(OCc2ccc(Cl)cc2)nc1OCC[Si](C)(C)C)C(F)(F)F. The topological polar surface area (TPSA) is 44.2 Å². The zero-order chi connectivity index (χ0) is 22.4. The highest BCUT2D eigenvalue weighted by atomic mass is 35.5. The smallest absolute Gasteiger partial charge is 0.423 e. The van der Waals surface area contributed by atoms with Crippen LogP contribution in [0.4, 0.5) is 13.2 Å². The highest BCUT2D eigenvalue weighted by molar-refractivity contribution is 6.76. The minimum Gasteiger partial charge on any atom is -0.477 e. The third-order valence-corrected chi connectivity index (χ3v) is 5.75. The molecular weight excluding hydrogens is 433 g/mol. The van der Waals surface area contributed by atoms with Gasteiger partial charge in [-0.2, -0.15) is 18.2 Å². The van der Waals surface area contributed by atoms with Crippen molar-refractivity contribution in [3.05, 3.63) is 58.8 Å². The van der Waals surface area contributed by atoms with Crippen molar-refractivity contribution in [3.8, 4) is 23.7 Å². The second-order valence-corrected chi connectivity index (χ2v) is 13.7. The monoisotopic (exact) mass is 454 g/mol. The summed E-state index contributed by atoms with van der Waals surface area (Å²) in [5, 5.41) is 0.608. The maximum atomic E-state index is 12.6. The second-order valence-electron chi connectivity index (χ2n) is 7.67. The average molecular weight is 455 g/mol. The molecule has 0 amide bonds. The number of hydrogen-bond acceptors (Lipinski definition) is 4. The standard InChI is InChI=1S/C21H22ClF3N2O2Si/c1-15(21(23,24)25)5-8-17-13-26-20(27-19(17)28-11-12-30(2,3)4)29-14-16-6-9-18(22)10-7-16/h6-7,9-10,13H,1,11-12,14H2,2-4H3. The molecule has 0 aliphatic rings. The summed E-state index contributed by atoms with van der Waals surface area (Å²) in [6.45, 7) is 10.1. The van der Waals surface area contributed by atoms with Gasteiger partial charge in [-0.05, 0) is 23.7 Å². The number of rotatable bonds is 7. The van der Waals surface area contributed by atoms with Crippen molar-refractivity contribution in [1.82, 2.24) is 9.97 Å². The highest BCUT2D eigenvalue weighted by Crippen LogP contribution is 2.24. The van der Waals surface area contributed by atoms with E-state index in [1.165, 1.54) is 6.20 Å². The summed E-state index contributed by atoms with van der Waals surface area (Å²) in [4.78, 5) is 8.21. The number of nitrogens with zero attached hydrogens (tertiary/aromatic N) is 2. The molecule has 160 valence electrons. The first-order valence-corrected chi connectivity index (χ1v) is 13.2. The van der Waals surface area contributed by atoms with Gasteiger partial charge in [0.2, 0.25) is 5.88 Å². The maximum Gasteiger partial charge on any atom is 0.423 e. The van der Waals surface area contributed by atoms with Crippen LogP contribution in [-0.2, 0) is 6.61 Å². The number of alkyl halides is 3. The second kappa shape index (κ2) is 10.0. The Morgan fingerprint density at radius 1 is 1.17 bits per heavy atom.